The highest BCUT2D eigenvalue weighted by Gasteiger charge is 2.14. The molecule has 3 heteroatoms. The zero-order valence-electron chi connectivity index (χ0n) is 10.1. The van der Waals surface area contributed by atoms with Crippen LogP contribution in [0.2, 0.25) is 0 Å². The predicted molar refractivity (Wildman–Crippen MR) is 68.9 cm³/mol. The SMILES string of the molecule is CC(=O)OC([C]=O)Cc1cccc2ccccc12. The molecule has 0 bridgehead atoms. The van der Waals surface area contributed by atoms with E-state index >= 15 is 0 Å². The molecule has 0 N–H and O–H groups in total. The van der Waals surface area contributed by atoms with E-state index in [1.807, 2.05) is 42.5 Å². The van der Waals surface area contributed by atoms with Crippen LogP contribution in [0.3, 0.4) is 0 Å². The molecule has 1 atom stereocenters. The molecule has 0 aliphatic heterocycles. The van der Waals surface area contributed by atoms with Gasteiger partial charge in [0.1, 0.15) is 0 Å². The van der Waals surface area contributed by atoms with Crippen molar-refractivity contribution >= 4 is 23.0 Å². The van der Waals surface area contributed by atoms with E-state index in [4.69, 9.17) is 4.74 Å². The first-order valence-electron chi connectivity index (χ1n) is 5.72. The van der Waals surface area contributed by atoms with Crippen LogP contribution in [-0.4, -0.2) is 18.4 Å². The van der Waals surface area contributed by atoms with Crippen LogP contribution in [0.15, 0.2) is 42.5 Å². The lowest BCUT2D eigenvalue weighted by Crippen LogP contribution is -2.20. The van der Waals surface area contributed by atoms with E-state index in [-0.39, 0.29) is 0 Å². The fourth-order valence-corrected chi connectivity index (χ4v) is 1.98. The molecule has 1 radical (unpaired) electrons. The third kappa shape index (κ3) is 2.74. The second-order valence-electron chi connectivity index (χ2n) is 4.06. The van der Waals surface area contributed by atoms with E-state index in [1.165, 1.54) is 6.92 Å². The van der Waals surface area contributed by atoms with Crippen LogP contribution in [0, 0.1) is 0 Å². The van der Waals surface area contributed by atoms with Gasteiger partial charge in [-0.1, -0.05) is 42.5 Å². The molecule has 0 saturated carbocycles. The number of hydrogen-bond acceptors (Lipinski definition) is 3. The smallest absolute Gasteiger partial charge is 0.303 e. The zero-order chi connectivity index (χ0) is 13.0. The summed E-state index contributed by atoms with van der Waals surface area (Å²) >= 11 is 0. The number of hydrogen-bond donors (Lipinski definition) is 0. The van der Waals surface area contributed by atoms with Crippen molar-refractivity contribution in [3.05, 3.63) is 48.0 Å². The molecule has 0 aromatic heterocycles. The van der Waals surface area contributed by atoms with E-state index in [2.05, 4.69) is 0 Å². The molecule has 18 heavy (non-hydrogen) atoms. The van der Waals surface area contributed by atoms with Crippen molar-refractivity contribution in [2.75, 3.05) is 0 Å². The predicted octanol–water partition coefficient (Wildman–Crippen LogP) is 2.42. The van der Waals surface area contributed by atoms with Gasteiger partial charge in [-0.2, -0.15) is 0 Å². The molecule has 0 heterocycles. The minimum atomic E-state index is -0.840. The van der Waals surface area contributed by atoms with Gasteiger partial charge < -0.3 is 4.74 Å². The Morgan fingerprint density at radius 3 is 2.67 bits per heavy atom. The van der Waals surface area contributed by atoms with Gasteiger partial charge in [0.05, 0.1) is 0 Å². The monoisotopic (exact) mass is 241 g/mol. The van der Waals surface area contributed by atoms with Crippen LogP contribution in [0.4, 0.5) is 0 Å². The summed E-state index contributed by atoms with van der Waals surface area (Å²) in [6.45, 7) is 1.29. The Hall–Kier alpha value is -2.16. The Labute approximate surface area is 105 Å². The molecule has 0 amide bonds. The summed E-state index contributed by atoms with van der Waals surface area (Å²) in [4.78, 5) is 21.6. The second kappa shape index (κ2) is 5.45. The van der Waals surface area contributed by atoms with Crippen molar-refractivity contribution in [2.45, 2.75) is 19.4 Å². The number of ether oxygens (including phenoxy) is 1. The number of carbonyl (C=O) groups excluding carboxylic acids is 2. The fraction of sp³-hybridized carbons (Fsp3) is 0.200. The zero-order valence-corrected chi connectivity index (χ0v) is 10.1. The van der Waals surface area contributed by atoms with Gasteiger partial charge in [-0.25, -0.2) is 0 Å². The van der Waals surface area contributed by atoms with Gasteiger partial charge in [0.25, 0.3) is 0 Å². The normalized spacial score (nSPS) is 12.1. The minimum absolute atomic E-state index is 0.352. The average Bonchev–Trinajstić information content (AvgIpc) is 2.38. The summed E-state index contributed by atoms with van der Waals surface area (Å²) in [7, 11) is 0. The Kier molecular flexibility index (Phi) is 3.72. The van der Waals surface area contributed by atoms with Crippen LogP contribution in [0.1, 0.15) is 12.5 Å². The van der Waals surface area contributed by atoms with Gasteiger partial charge in [-0.05, 0) is 16.3 Å². The Morgan fingerprint density at radius 2 is 1.94 bits per heavy atom. The van der Waals surface area contributed by atoms with Gasteiger partial charge in [0, 0.05) is 13.3 Å². The van der Waals surface area contributed by atoms with Crippen LogP contribution in [-0.2, 0) is 20.7 Å². The summed E-state index contributed by atoms with van der Waals surface area (Å²) in [6, 6.07) is 13.7. The number of fused-ring (bicyclic) bond motifs is 1. The molecule has 3 nitrogen and oxygen atoms in total. The summed E-state index contributed by atoms with van der Waals surface area (Å²) in [5, 5.41) is 2.16. The van der Waals surface area contributed by atoms with E-state index < -0.39 is 12.1 Å². The van der Waals surface area contributed by atoms with Gasteiger partial charge in [0.2, 0.25) is 6.29 Å². The third-order valence-corrected chi connectivity index (χ3v) is 2.72. The molecule has 91 valence electrons. The molecule has 0 spiro atoms. The molecule has 0 aliphatic rings. The lowest BCUT2D eigenvalue weighted by atomic mass is 10.0. The van der Waals surface area contributed by atoms with Crippen LogP contribution >= 0.6 is 0 Å². The van der Waals surface area contributed by atoms with E-state index in [0.717, 1.165) is 16.3 Å². The Morgan fingerprint density at radius 1 is 1.22 bits per heavy atom. The van der Waals surface area contributed by atoms with E-state index in [9.17, 15) is 9.59 Å². The number of rotatable bonds is 4. The third-order valence-electron chi connectivity index (χ3n) is 2.72. The van der Waals surface area contributed by atoms with Gasteiger partial charge in [-0.15, -0.1) is 0 Å². The molecular weight excluding hydrogens is 228 g/mol. The highest BCUT2D eigenvalue weighted by molar-refractivity contribution is 5.86. The van der Waals surface area contributed by atoms with Crippen LogP contribution in [0.5, 0.6) is 0 Å². The number of esters is 1. The minimum Gasteiger partial charge on any atom is -0.454 e. The second-order valence-corrected chi connectivity index (χ2v) is 4.06. The summed E-state index contributed by atoms with van der Waals surface area (Å²) < 4.78 is 4.89. The standard InChI is InChI=1S/C15H13O3/c1-11(17)18-14(10-16)9-13-7-4-6-12-5-2-3-8-15(12)13/h2-8,14H,9H2,1H3. The first-order chi connectivity index (χ1) is 8.70. The maximum atomic E-state index is 10.9. The van der Waals surface area contributed by atoms with Crippen molar-refractivity contribution in [2.24, 2.45) is 0 Å². The molecule has 0 fully saturated rings. The number of carbonyl (C=O) groups is 1. The highest BCUT2D eigenvalue weighted by Crippen LogP contribution is 2.20. The lowest BCUT2D eigenvalue weighted by molar-refractivity contribution is -0.143. The maximum absolute atomic E-state index is 10.9. The summed E-state index contributed by atoms with van der Waals surface area (Å²) in [5.41, 5.74) is 0.975. The van der Waals surface area contributed by atoms with Crippen molar-refractivity contribution in [3.63, 3.8) is 0 Å². The molecule has 2 rings (SSSR count). The van der Waals surface area contributed by atoms with Gasteiger partial charge in [0.15, 0.2) is 6.10 Å². The van der Waals surface area contributed by atoms with Crippen molar-refractivity contribution in [1.29, 1.82) is 0 Å². The van der Waals surface area contributed by atoms with Crippen molar-refractivity contribution in [3.8, 4) is 0 Å². The lowest BCUT2D eigenvalue weighted by Gasteiger charge is -2.11. The quantitative estimate of drug-likeness (QED) is 0.772. The molecule has 1 unspecified atom stereocenters. The molecule has 2 aromatic carbocycles. The average molecular weight is 241 g/mol. The molecule has 0 saturated heterocycles. The van der Waals surface area contributed by atoms with E-state index in [1.54, 1.807) is 6.29 Å². The topological polar surface area (TPSA) is 43.4 Å². The fourth-order valence-electron chi connectivity index (χ4n) is 1.98. The largest absolute Gasteiger partial charge is 0.454 e. The van der Waals surface area contributed by atoms with Gasteiger partial charge in [-0.3, -0.25) is 9.59 Å². The van der Waals surface area contributed by atoms with E-state index in [0.29, 0.717) is 6.42 Å². The first-order valence-corrected chi connectivity index (χ1v) is 5.72. The summed E-state index contributed by atoms with van der Waals surface area (Å²) in [5.74, 6) is -0.469. The van der Waals surface area contributed by atoms with Gasteiger partial charge >= 0.3 is 5.97 Å². The molecule has 0 aliphatic carbocycles. The van der Waals surface area contributed by atoms with Crippen molar-refractivity contribution < 1.29 is 14.3 Å². The molecule has 2 aromatic rings. The summed E-state index contributed by atoms with van der Waals surface area (Å²) in [6.07, 6.45) is 1.27. The Balaban J connectivity index is 2.30. The molecular formula is C15H13O3. The van der Waals surface area contributed by atoms with Crippen LogP contribution < -0.4 is 0 Å². The first kappa shape index (κ1) is 12.3. The maximum Gasteiger partial charge on any atom is 0.303 e. The Bertz CT molecular complexity index is 569. The number of benzene rings is 2. The highest BCUT2D eigenvalue weighted by atomic mass is 16.5. The van der Waals surface area contributed by atoms with Crippen LogP contribution in [0.25, 0.3) is 10.8 Å². The van der Waals surface area contributed by atoms with Crippen molar-refractivity contribution in [1.82, 2.24) is 0 Å².